The summed E-state index contributed by atoms with van der Waals surface area (Å²) in [6.45, 7) is 0.198. The molecule has 3 N–H and O–H groups in total. The Labute approximate surface area is 188 Å². The first-order valence-corrected chi connectivity index (χ1v) is 11.6. The van der Waals surface area contributed by atoms with Gasteiger partial charge in [0.05, 0.1) is 25.2 Å². The van der Waals surface area contributed by atoms with Gasteiger partial charge < -0.3 is 15.0 Å². The lowest BCUT2D eigenvalue weighted by molar-refractivity contribution is 0.368. The Balaban J connectivity index is 1.49. The Bertz CT molecular complexity index is 1430. The summed E-state index contributed by atoms with van der Waals surface area (Å²) in [4.78, 5) is 15.0. The summed E-state index contributed by atoms with van der Waals surface area (Å²) in [6.07, 6.45) is 5.82. The molecule has 0 saturated carbocycles. The van der Waals surface area contributed by atoms with Crippen LogP contribution in [-0.2, 0) is 23.0 Å². The molecule has 0 bridgehead atoms. The van der Waals surface area contributed by atoms with Crippen molar-refractivity contribution in [1.82, 2.24) is 19.9 Å². The number of nitrogens with one attached hydrogen (secondary N) is 3. The third-order valence-electron chi connectivity index (χ3n) is 4.76. The van der Waals surface area contributed by atoms with Crippen molar-refractivity contribution >= 4 is 32.6 Å². The number of hydrogen-bond acceptors (Lipinski definition) is 7. The van der Waals surface area contributed by atoms with Crippen molar-refractivity contribution in [1.29, 1.82) is 0 Å². The van der Waals surface area contributed by atoms with Crippen LogP contribution in [0.15, 0.2) is 42.9 Å². The number of ether oxygens (including phenoxy) is 1. The van der Waals surface area contributed by atoms with Gasteiger partial charge >= 0.3 is 0 Å². The molecule has 4 rings (SSSR count). The van der Waals surface area contributed by atoms with Gasteiger partial charge in [-0.05, 0) is 29.3 Å². The molecule has 0 aliphatic carbocycles. The van der Waals surface area contributed by atoms with Gasteiger partial charge in [-0.15, -0.1) is 0 Å². The predicted molar refractivity (Wildman–Crippen MR) is 120 cm³/mol. The fraction of sp³-hybridized carbons (Fsp3) is 0.190. The van der Waals surface area contributed by atoms with Gasteiger partial charge in [-0.25, -0.2) is 27.8 Å². The Morgan fingerprint density at radius 2 is 1.94 bits per heavy atom. The van der Waals surface area contributed by atoms with Crippen molar-refractivity contribution in [2.75, 3.05) is 23.4 Å². The second kappa shape index (κ2) is 8.98. The number of rotatable bonds is 8. The second-order valence-electron chi connectivity index (χ2n) is 7.32. The molecule has 0 spiro atoms. The highest BCUT2D eigenvalue weighted by Crippen LogP contribution is 2.24. The van der Waals surface area contributed by atoms with E-state index in [1.165, 1.54) is 25.6 Å². The number of H-pyrrole nitrogens is 1. The number of methoxy groups -OCH3 is 1. The van der Waals surface area contributed by atoms with E-state index in [0.29, 0.717) is 27.8 Å². The van der Waals surface area contributed by atoms with Gasteiger partial charge in [-0.2, -0.15) is 4.39 Å². The van der Waals surface area contributed by atoms with Gasteiger partial charge in [0.15, 0.2) is 5.82 Å². The zero-order valence-corrected chi connectivity index (χ0v) is 18.5. The number of halogens is 2. The molecule has 0 aliphatic heterocycles. The lowest BCUT2D eigenvalue weighted by atomic mass is 10.1. The van der Waals surface area contributed by atoms with Crippen molar-refractivity contribution in [2.24, 2.45) is 0 Å². The Morgan fingerprint density at radius 1 is 1.12 bits per heavy atom. The topological polar surface area (TPSA) is 122 Å². The maximum Gasteiger partial charge on any atom is 0.250 e. The summed E-state index contributed by atoms with van der Waals surface area (Å²) >= 11 is 0. The van der Waals surface area contributed by atoms with E-state index in [9.17, 15) is 17.2 Å². The van der Waals surface area contributed by atoms with E-state index in [-0.39, 0.29) is 24.7 Å². The van der Waals surface area contributed by atoms with Crippen LogP contribution in [0.3, 0.4) is 0 Å². The molecule has 4 aromatic heterocycles. The molecule has 0 unspecified atom stereocenters. The van der Waals surface area contributed by atoms with E-state index >= 15 is 0 Å². The molecule has 0 aliphatic rings. The SMILES string of the molecule is COc1ncc(CNc2ccc(Cc3c[nH]c4ncc(NS(C)(=O)=O)cc34)c(F)n2)cc1F. The fourth-order valence-electron chi connectivity index (χ4n) is 3.28. The highest BCUT2D eigenvalue weighted by atomic mass is 32.2. The standard InChI is InChI=1S/C21H20F2N6O3S/c1-32-21-17(22)5-12(9-27-21)8-24-18-4-3-13(19(23)28-18)6-14-10-25-20-16(14)7-15(11-26-20)29-33(2,30)31/h3-5,7,9-11,29H,6,8H2,1-2H3,(H,24,28)(H,25,26). The van der Waals surface area contributed by atoms with Crippen molar-refractivity contribution in [3.05, 3.63) is 71.3 Å². The zero-order valence-electron chi connectivity index (χ0n) is 17.7. The van der Waals surface area contributed by atoms with Gasteiger partial charge in [-0.1, -0.05) is 6.07 Å². The molecule has 0 saturated heterocycles. The molecule has 0 amide bonds. The second-order valence-corrected chi connectivity index (χ2v) is 9.07. The van der Waals surface area contributed by atoms with E-state index in [4.69, 9.17) is 4.74 Å². The van der Waals surface area contributed by atoms with Crippen molar-refractivity contribution in [2.45, 2.75) is 13.0 Å². The first kappa shape index (κ1) is 22.4. The molecule has 12 heteroatoms. The molecule has 172 valence electrons. The van der Waals surface area contributed by atoms with Gasteiger partial charge in [0.25, 0.3) is 0 Å². The monoisotopic (exact) mass is 474 g/mol. The van der Waals surface area contributed by atoms with Crippen molar-refractivity contribution in [3.63, 3.8) is 0 Å². The van der Waals surface area contributed by atoms with Crippen LogP contribution in [0.4, 0.5) is 20.3 Å². The van der Waals surface area contributed by atoms with Crippen LogP contribution >= 0.6 is 0 Å². The molecular formula is C21H20F2N6O3S. The van der Waals surface area contributed by atoms with Crippen LogP contribution in [0, 0.1) is 11.8 Å². The molecule has 4 aromatic rings. The van der Waals surface area contributed by atoms with E-state index in [0.717, 1.165) is 11.8 Å². The molecule has 9 nitrogen and oxygen atoms in total. The van der Waals surface area contributed by atoms with Gasteiger partial charge in [-0.3, -0.25) is 4.72 Å². The van der Waals surface area contributed by atoms with Crippen LogP contribution in [0.1, 0.15) is 16.7 Å². The number of anilines is 2. The molecule has 0 fully saturated rings. The van der Waals surface area contributed by atoms with Crippen LogP contribution in [0.2, 0.25) is 0 Å². The van der Waals surface area contributed by atoms with Crippen LogP contribution in [-0.4, -0.2) is 41.7 Å². The summed E-state index contributed by atoms with van der Waals surface area (Å²) in [5.74, 6) is -1.06. The number of sulfonamides is 1. The molecule has 4 heterocycles. The van der Waals surface area contributed by atoms with Crippen LogP contribution < -0.4 is 14.8 Å². The first-order chi connectivity index (χ1) is 15.7. The van der Waals surface area contributed by atoms with Gasteiger partial charge in [0, 0.05) is 36.3 Å². The van der Waals surface area contributed by atoms with E-state index in [2.05, 4.69) is 30.0 Å². The third kappa shape index (κ3) is 5.34. The highest BCUT2D eigenvalue weighted by Gasteiger charge is 2.13. The summed E-state index contributed by atoms with van der Waals surface area (Å²) < 4.78 is 58.6. The van der Waals surface area contributed by atoms with Crippen molar-refractivity contribution < 1.29 is 21.9 Å². The quantitative estimate of drug-likeness (QED) is 0.335. The minimum absolute atomic E-state index is 0.0982. The largest absolute Gasteiger partial charge is 0.479 e. The van der Waals surface area contributed by atoms with Crippen molar-refractivity contribution in [3.8, 4) is 5.88 Å². The maximum absolute atomic E-state index is 14.7. The number of fused-ring (bicyclic) bond motifs is 1. The average molecular weight is 474 g/mol. The smallest absolute Gasteiger partial charge is 0.250 e. The number of nitrogens with zero attached hydrogens (tertiary/aromatic N) is 3. The molecule has 0 radical (unpaired) electrons. The molecule has 0 atom stereocenters. The van der Waals surface area contributed by atoms with Crippen LogP contribution in [0.25, 0.3) is 11.0 Å². The predicted octanol–water partition coefficient (Wildman–Crippen LogP) is 3.21. The Morgan fingerprint density at radius 3 is 2.64 bits per heavy atom. The minimum atomic E-state index is -3.45. The Hall–Kier alpha value is -3.80. The molecular weight excluding hydrogens is 454 g/mol. The fourth-order valence-corrected chi connectivity index (χ4v) is 3.82. The van der Waals surface area contributed by atoms with E-state index in [1.807, 2.05) is 0 Å². The first-order valence-electron chi connectivity index (χ1n) is 9.73. The maximum atomic E-state index is 14.7. The Kier molecular flexibility index (Phi) is 6.09. The number of hydrogen-bond donors (Lipinski definition) is 3. The molecule has 33 heavy (non-hydrogen) atoms. The normalized spacial score (nSPS) is 11.5. The van der Waals surface area contributed by atoms with Gasteiger partial charge in [0.2, 0.25) is 21.9 Å². The highest BCUT2D eigenvalue weighted by molar-refractivity contribution is 7.92. The third-order valence-corrected chi connectivity index (χ3v) is 5.36. The van der Waals surface area contributed by atoms with E-state index in [1.54, 1.807) is 24.4 Å². The summed E-state index contributed by atoms with van der Waals surface area (Å²) in [6, 6.07) is 6.14. The summed E-state index contributed by atoms with van der Waals surface area (Å²) in [7, 11) is -2.12. The zero-order chi connectivity index (χ0) is 23.6. The van der Waals surface area contributed by atoms with E-state index < -0.39 is 21.8 Å². The summed E-state index contributed by atoms with van der Waals surface area (Å²) in [5.41, 5.74) is 2.49. The van der Waals surface area contributed by atoms with Crippen LogP contribution in [0.5, 0.6) is 5.88 Å². The summed E-state index contributed by atoms with van der Waals surface area (Å²) in [5, 5.41) is 3.60. The van der Waals surface area contributed by atoms with Gasteiger partial charge in [0.1, 0.15) is 11.5 Å². The number of aromatic amines is 1. The average Bonchev–Trinajstić information content (AvgIpc) is 3.15. The number of aromatic nitrogens is 4. The minimum Gasteiger partial charge on any atom is -0.479 e. The molecule has 0 aromatic carbocycles. The number of pyridine rings is 3. The lowest BCUT2D eigenvalue weighted by Gasteiger charge is -2.09. The lowest BCUT2D eigenvalue weighted by Crippen LogP contribution is -2.09.